The average Bonchev–Trinajstić information content (AvgIpc) is 2.38. The molecule has 2 nitrogen and oxygen atoms in total. The second-order valence-electron chi connectivity index (χ2n) is 3.84. The van der Waals surface area contributed by atoms with Crippen molar-refractivity contribution in [2.24, 2.45) is 0 Å². The molecule has 0 bridgehead atoms. The van der Waals surface area contributed by atoms with E-state index >= 15 is 0 Å². The zero-order valence-electron chi connectivity index (χ0n) is 9.73. The largest absolute Gasteiger partial charge is 0.497 e. The summed E-state index contributed by atoms with van der Waals surface area (Å²) in [6, 6.07) is 9.70. The van der Waals surface area contributed by atoms with Gasteiger partial charge in [-0.1, -0.05) is 18.2 Å². The summed E-state index contributed by atoms with van der Waals surface area (Å²) >= 11 is 0. The van der Waals surface area contributed by atoms with Crippen molar-refractivity contribution >= 4 is 0 Å². The van der Waals surface area contributed by atoms with Crippen LogP contribution < -0.4 is 4.74 Å². The minimum absolute atomic E-state index is 0.0431. The van der Waals surface area contributed by atoms with Gasteiger partial charge in [0.05, 0.1) is 7.11 Å². The van der Waals surface area contributed by atoms with Crippen LogP contribution in [0.3, 0.4) is 0 Å². The number of ether oxygens (including phenoxy) is 1. The van der Waals surface area contributed by atoms with Crippen molar-refractivity contribution < 1.29 is 18.6 Å². The van der Waals surface area contributed by atoms with E-state index in [-0.39, 0.29) is 5.56 Å². The third-order valence-electron chi connectivity index (χ3n) is 2.69. The zero-order valence-corrected chi connectivity index (χ0v) is 9.73. The van der Waals surface area contributed by atoms with Gasteiger partial charge in [0.2, 0.25) is 0 Å². The lowest BCUT2D eigenvalue weighted by Crippen LogP contribution is -2.03. The minimum Gasteiger partial charge on any atom is -0.497 e. The summed E-state index contributed by atoms with van der Waals surface area (Å²) < 4.78 is 31.3. The number of hydrogen-bond donors (Lipinski definition) is 1. The van der Waals surface area contributed by atoms with Crippen LogP contribution in [0.15, 0.2) is 42.5 Å². The van der Waals surface area contributed by atoms with Crippen LogP contribution in [0, 0.1) is 11.6 Å². The van der Waals surface area contributed by atoms with Crippen molar-refractivity contribution in [3.63, 3.8) is 0 Å². The van der Waals surface area contributed by atoms with Gasteiger partial charge in [0.25, 0.3) is 0 Å². The molecule has 1 atom stereocenters. The maximum Gasteiger partial charge on any atom is 0.132 e. The summed E-state index contributed by atoms with van der Waals surface area (Å²) in [6.07, 6.45) is -1.13. The fourth-order valence-electron chi connectivity index (χ4n) is 1.69. The molecule has 0 aliphatic heterocycles. The summed E-state index contributed by atoms with van der Waals surface area (Å²) in [5, 5.41) is 10.0. The Balaban J connectivity index is 2.31. The molecule has 0 aliphatic rings. The van der Waals surface area contributed by atoms with E-state index in [0.717, 1.165) is 12.1 Å². The molecule has 2 aromatic carbocycles. The number of rotatable bonds is 3. The maximum atomic E-state index is 13.5. The Bertz CT molecular complexity index is 538. The molecule has 4 heteroatoms. The highest BCUT2D eigenvalue weighted by atomic mass is 19.1. The summed E-state index contributed by atoms with van der Waals surface area (Å²) in [5.74, 6) is -0.790. The Morgan fingerprint density at radius 3 is 2.28 bits per heavy atom. The van der Waals surface area contributed by atoms with E-state index in [4.69, 9.17) is 4.74 Å². The van der Waals surface area contributed by atoms with E-state index in [9.17, 15) is 13.9 Å². The van der Waals surface area contributed by atoms with Crippen LogP contribution in [-0.2, 0) is 0 Å². The minimum atomic E-state index is -1.13. The van der Waals surface area contributed by atoms with Crippen molar-refractivity contribution in [1.29, 1.82) is 0 Å². The van der Waals surface area contributed by atoms with Crippen molar-refractivity contribution in [3.05, 3.63) is 65.2 Å². The molecule has 0 aliphatic carbocycles. The number of hydrogen-bond acceptors (Lipinski definition) is 2. The van der Waals surface area contributed by atoms with Crippen LogP contribution in [0.1, 0.15) is 17.2 Å². The van der Waals surface area contributed by atoms with Gasteiger partial charge in [-0.25, -0.2) is 8.78 Å². The fraction of sp³-hybridized carbons (Fsp3) is 0.143. The topological polar surface area (TPSA) is 29.5 Å². The number of aliphatic hydroxyl groups excluding tert-OH is 1. The van der Waals surface area contributed by atoms with E-state index in [0.29, 0.717) is 11.3 Å². The second kappa shape index (κ2) is 5.14. The molecule has 1 N–H and O–H groups in total. The Hall–Kier alpha value is -1.94. The molecule has 0 amide bonds. The summed E-state index contributed by atoms with van der Waals surface area (Å²) in [4.78, 5) is 0. The zero-order chi connectivity index (χ0) is 13.1. The van der Waals surface area contributed by atoms with Gasteiger partial charge in [-0.2, -0.15) is 0 Å². The van der Waals surface area contributed by atoms with E-state index in [1.165, 1.54) is 13.2 Å². The van der Waals surface area contributed by atoms with Crippen LogP contribution in [0.2, 0.25) is 0 Å². The Morgan fingerprint density at radius 1 is 1.06 bits per heavy atom. The first-order valence-corrected chi connectivity index (χ1v) is 5.39. The maximum absolute atomic E-state index is 13.5. The monoisotopic (exact) mass is 250 g/mol. The molecule has 2 rings (SSSR count). The van der Waals surface area contributed by atoms with Crippen LogP contribution in [0.4, 0.5) is 8.78 Å². The van der Waals surface area contributed by atoms with Crippen molar-refractivity contribution in [1.82, 2.24) is 0 Å². The van der Waals surface area contributed by atoms with Gasteiger partial charge >= 0.3 is 0 Å². The Kier molecular flexibility index (Phi) is 3.58. The van der Waals surface area contributed by atoms with Crippen LogP contribution in [0.5, 0.6) is 5.75 Å². The number of methoxy groups -OCH3 is 1. The van der Waals surface area contributed by atoms with Gasteiger partial charge in [-0.15, -0.1) is 0 Å². The van der Waals surface area contributed by atoms with E-state index in [1.54, 1.807) is 24.3 Å². The Labute approximate surface area is 103 Å². The SMILES string of the molecule is COc1ccc(C(O)c2ccc(F)cc2F)cc1. The van der Waals surface area contributed by atoms with E-state index in [2.05, 4.69) is 0 Å². The molecule has 2 aromatic rings. The van der Waals surface area contributed by atoms with Gasteiger partial charge in [0.15, 0.2) is 0 Å². The molecule has 0 fully saturated rings. The third-order valence-corrected chi connectivity index (χ3v) is 2.69. The first-order valence-electron chi connectivity index (χ1n) is 5.39. The van der Waals surface area contributed by atoms with Crippen molar-refractivity contribution in [2.75, 3.05) is 7.11 Å². The van der Waals surface area contributed by atoms with E-state index in [1.807, 2.05) is 0 Å². The molecule has 0 saturated carbocycles. The molecule has 18 heavy (non-hydrogen) atoms. The summed E-state index contributed by atoms with van der Waals surface area (Å²) in [6.45, 7) is 0. The average molecular weight is 250 g/mol. The van der Waals surface area contributed by atoms with E-state index < -0.39 is 17.7 Å². The fourth-order valence-corrected chi connectivity index (χ4v) is 1.69. The van der Waals surface area contributed by atoms with Crippen LogP contribution in [-0.4, -0.2) is 12.2 Å². The molecule has 0 saturated heterocycles. The van der Waals surface area contributed by atoms with Gasteiger partial charge in [0, 0.05) is 11.6 Å². The molecule has 94 valence electrons. The van der Waals surface area contributed by atoms with Crippen LogP contribution >= 0.6 is 0 Å². The van der Waals surface area contributed by atoms with Gasteiger partial charge < -0.3 is 9.84 Å². The van der Waals surface area contributed by atoms with Gasteiger partial charge in [-0.3, -0.25) is 0 Å². The molecule has 0 radical (unpaired) electrons. The molecule has 0 heterocycles. The number of aliphatic hydroxyl groups is 1. The third kappa shape index (κ3) is 2.49. The van der Waals surface area contributed by atoms with Crippen molar-refractivity contribution in [3.8, 4) is 5.75 Å². The first kappa shape index (κ1) is 12.5. The first-order chi connectivity index (χ1) is 8.61. The number of halogens is 2. The summed E-state index contributed by atoms with van der Waals surface area (Å²) in [5.41, 5.74) is 0.558. The summed E-state index contributed by atoms with van der Waals surface area (Å²) in [7, 11) is 1.53. The lowest BCUT2D eigenvalue weighted by molar-refractivity contribution is 0.214. The standard InChI is InChI=1S/C14H12F2O2/c1-18-11-5-2-9(3-6-11)14(17)12-7-4-10(15)8-13(12)16/h2-8,14,17H,1H3. The normalized spacial score (nSPS) is 12.2. The second-order valence-corrected chi connectivity index (χ2v) is 3.84. The van der Waals surface area contributed by atoms with Gasteiger partial charge in [-0.05, 0) is 23.8 Å². The Morgan fingerprint density at radius 2 is 1.72 bits per heavy atom. The quantitative estimate of drug-likeness (QED) is 0.907. The molecule has 1 unspecified atom stereocenters. The molecular weight excluding hydrogens is 238 g/mol. The highest BCUT2D eigenvalue weighted by Gasteiger charge is 2.15. The number of benzene rings is 2. The lowest BCUT2D eigenvalue weighted by atomic mass is 10.0. The lowest BCUT2D eigenvalue weighted by Gasteiger charge is -2.12. The molecule has 0 aromatic heterocycles. The highest BCUT2D eigenvalue weighted by Crippen LogP contribution is 2.26. The van der Waals surface area contributed by atoms with Crippen LogP contribution in [0.25, 0.3) is 0 Å². The van der Waals surface area contributed by atoms with Crippen molar-refractivity contribution in [2.45, 2.75) is 6.10 Å². The molecular formula is C14H12F2O2. The highest BCUT2D eigenvalue weighted by molar-refractivity contribution is 5.34. The predicted molar refractivity (Wildman–Crippen MR) is 63.4 cm³/mol. The van der Waals surface area contributed by atoms with Gasteiger partial charge in [0.1, 0.15) is 23.5 Å². The smallest absolute Gasteiger partial charge is 0.132 e. The molecule has 0 spiro atoms. The predicted octanol–water partition coefficient (Wildman–Crippen LogP) is 3.06.